The van der Waals surface area contributed by atoms with Gasteiger partial charge in [-0.05, 0) is 51.0 Å². The minimum absolute atomic E-state index is 0.128. The van der Waals surface area contributed by atoms with Crippen molar-refractivity contribution in [3.05, 3.63) is 41.8 Å². The number of halogens is 1. The summed E-state index contributed by atoms with van der Waals surface area (Å²) < 4.78 is 42.5. The Bertz CT molecular complexity index is 816. The van der Waals surface area contributed by atoms with Gasteiger partial charge in [-0.25, -0.2) is 21.8 Å². The molecule has 0 saturated heterocycles. The van der Waals surface area contributed by atoms with Crippen LogP contribution in [-0.4, -0.2) is 24.2 Å². The molecule has 0 saturated carbocycles. The van der Waals surface area contributed by atoms with Gasteiger partial charge in [0.1, 0.15) is 11.6 Å². The van der Waals surface area contributed by atoms with E-state index in [0.717, 1.165) is 0 Å². The molecule has 0 bridgehead atoms. The minimum Gasteiger partial charge on any atom is -0.247 e. The van der Waals surface area contributed by atoms with E-state index in [1.165, 1.54) is 22.5 Å². The van der Waals surface area contributed by atoms with Gasteiger partial charge in [0, 0.05) is 12.1 Å². The molecule has 0 radical (unpaired) electrons. The van der Waals surface area contributed by atoms with Crippen molar-refractivity contribution in [2.75, 3.05) is 4.31 Å². The van der Waals surface area contributed by atoms with E-state index < -0.39 is 15.8 Å². The van der Waals surface area contributed by atoms with Crippen molar-refractivity contribution in [2.24, 2.45) is 0 Å². The number of benzene rings is 1. The Balaban J connectivity index is 2.15. The molecule has 1 aliphatic heterocycles. The third-order valence-corrected chi connectivity index (χ3v) is 6.13. The zero-order valence-corrected chi connectivity index (χ0v) is 13.5. The third-order valence-electron chi connectivity index (χ3n) is 4.05. The van der Waals surface area contributed by atoms with E-state index >= 15 is 0 Å². The van der Waals surface area contributed by atoms with E-state index in [0.29, 0.717) is 17.8 Å². The first-order valence-corrected chi connectivity index (χ1v) is 8.60. The van der Waals surface area contributed by atoms with E-state index in [2.05, 4.69) is 5.10 Å². The molecule has 22 heavy (non-hydrogen) atoms. The topological polar surface area (TPSA) is 55.2 Å². The summed E-state index contributed by atoms with van der Waals surface area (Å²) in [5, 5.41) is 4.22. The van der Waals surface area contributed by atoms with Gasteiger partial charge in [-0.1, -0.05) is 0 Å². The Hall–Kier alpha value is -1.89. The van der Waals surface area contributed by atoms with Crippen molar-refractivity contribution in [3.8, 4) is 0 Å². The number of sulfonamides is 1. The zero-order chi connectivity index (χ0) is 16.1. The first-order chi connectivity index (χ1) is 10.3. The van der Waals surface area contributed by atoms with Crippen LogP contribution in [0.15, 0.2) is 35.4 Å². The normalized spacial score (nSPS) is 21.7. The predicted molar refractivity (Wildman–Crippen MR) is 81.8 cm³/mol. The fraction of sp³-hybridized carbons (Fsp3) is 0.400. The first-order valence-electron chi connectivity index (χ1n) is 7.16. The summed E-state index contributed by atoms with van der Waals surface area (Å²) in [6.07, 6.45) is 2.28. The van der Waals surface area contributed by atoms with Gasteiger partial charge in [-0.2, -0.15) is 5.10 Å². The number of nitrogens with zero attached hydrogens (tertiary/aromatic N) is 3. The van der Waals surface area contributed by atoms with Crippen molar-refractivity contribution in [1.82, 2.24) is 9.78 Å². The number of rotatable bonds is 2. The molecule has 1 aromatic carbocycles. The van der Waals surface area contributed by atoms with Crippen LogP contribution in [0.3, 0.4) is 0 Å². The highest BCUT2D eigenvalue weighted by Crippen LogP contribution is 2.36. The Morgan fingerprint density at radius 2 is 1.95 bits per heavy atom. The average Bonchev–Trinajstić information content (AvgIpc) is 2.87. The van der Waals surface area contributed by atoms with Crippen molar-refractivity contribution in [1.29, 1.82) is 0 Å². The van der Waals surface area contributed by atoms with Crippen LogP contribution >= 0.6 is 0 Å². The van der Waals surface area contributed by atoms with Crippen LogP contribution in [0, 0.1) is 12.7 Å². The van der Waals surface area contributed by atoms with Gasteiger partial charge in [0.15, 0.2) is 0 Å². The number of aryl methyl sites for hydroxylation is 1. The number of fused-ring (bicyclic) bond motifs is 1. The van der Waals surface area contributed by atoms with E-state index in [1.54, 1.807) is 23.9 Å². The van der Waals surface area contributed by atoms with Gasteiger partial charge in [0.05, 0.1) is 17.1 Å². The van der Waals surface area contributed by atoms with E-state index in [4.69, 9.17) is 0 Å². The van der Waals surface area contributed by atoms with Crippen LogP contribution in [0.25, 0.3) is 0 Å². The third kappa shape index (κ3) is 2.20. The van der Waals surface area contributed by atoms with E-state index in [1.807, 2.05) is 13.8 Å². The largest absolute Gasteiger partial charge is 0.265 e. The molecule has 0 N–H and O–H groups in total. The molecule has 1 aliphatic rings. The molecule has 5 nitrogen and oxygen atoms in total. The molecule has 0 fully saturated rings. The van der Waals surface area contributed by atoms with Crippen LogP contribution in [0.2, 0.25) is 0 Å². The van der Waals surface area contributed by atoms with Crippen LogP contribution in [-0.2, 0) is 10.0 Å². The standard InChI is InChI=1S/C15H18FN3O2S/c1-10-8-13(16)4-5-14(10)22(20,21)19-12(3)9-11(2)18-15(19)6-7-17-18/h4-8,11-12H,9H2,1-3H3/t11-,12+/m0/s1. The highest BCUT2D eigenvalue weighted by atomic mass is 32.2. The maximum absolute atomic E-state index is 13.3. The Morgan fingerprint density at radius 3 is 2.64 bits per heavy atom. The lowest BCUT2D eigenvalue weighted by molar-refractivity contribution is 0.393. The molecular weight excluding hydrogens is 305 g/mol. The van der Waals surface area contributed by atoms with E-state index in [-0.39, 0.29) is 17.0 Å². The van der Waals surface area contributed by atoms with Gasteiger partial charge >= 0.3 is 0 Å². The zero-order valence-electron chi connectivity index (χ0n) is 12.7. The summed E-state index contributed by atoms with van der Waals surface area (Å²) in [4.78, 5) is 0.128. The number of hydrogen-bond donors (Lipinski definition) is 0. The van der Waals surface area contributed by atoms with Gasteiger partial charge in [0.25, 0.3) is 10.0 Å². The maximum Gasteiger partial charge on any atom is 0.265 e. The molecule has 2 atom stereocenters. The van der Waals surface area contributed by atoms with Crippen LogP contribution in [0.5, 0.6) is 0 Å². The second-order valence-corrected chi connectivity index (χ2v) is 7.56. The summed E-state index contributed by atoms with van der Waals surface area (Å²) in [6, 6.07) is 5.39. The molecule has 7 heteroatoms. The molecule has 2 heterocycles. The highest BCUT2D eigenvalue weighted by Gasteiger charge is 2.37. The summed E-state index contributed by atoms with van der Waals surface area (Å²) in [7, 11) is -3.76. The molecule has 0 spiro atoms. The van der Waals surface area contributed by atoms with Crippen LogP contribution in [0.4, 0.5) is 10.2 Å². The molecule has 3 rings (SSSR count). The van der Waals surface area contributed by atoms with Gasteiger partial charge in [-0.15, -0.1) is 0 Å². The van der Waals surface area contributed by atoms with Crippen molar-refractivity contribution < 1.29 is 12.8 Å². The average molecular weight is 323 g/mol. The second-order valence-electron chi connectivity index (χ2n) is 5.78. The summed E-state index contributed by atoms with van der Waals surface area (Å²) in [5.74, 6) is 0.108. The fourth-order valence-electron chi connectivity index (χ4n) is 3.10. The Morgan fingerprint density at radius 1 is 1.23 bits per heavy atom. The molecule has 1 aromatic heterocycles. The maximum atomic E-state index is 13.3. The predicted octanol–water partition coefficient (Wildman–Crippen LogP) is 2.88. The SMILES string of the molecule is Cc1cc(F)ccc1S(=O)(=O)N1c2ccnn2[C@@H](C)C[C@H]1C. The summed E-state index contributed by atoms with van der Waals surface area (Å²) in [5.41, 5.74) is 0.400. The van der Waals surface area contributed by atoms with Crippen LogP contribution < -0.4 is 4.31 Å². The number of hydrogen-bond acceptors (Lipinski definition) is 3. The van der Waals surface area contributed by atoms with Crippen LogP contribution in [0.1, 0.15) is 31.9 Å². The number of aromatic nitrogens is 2. The molecular formula is C15H18FN3O2S. The summed E-state index contributed by atoms with van der Waals surface area (Å²) >= 11 is 0. The van der Waals surface area contributed by atoms with Crippen molar-refractivity contribution >= 4 is 15.8 Å². The Labute approximate surface area is 129 Å². The lowest BCUT2D eigenvalue weighted by Crippen LogP contribution is -2.45. The highest BCUT2D eigenvalue weighted by molar-refractivity contribution is 7.93. The quantitative estimate of drug-likeness (QED) is 0.854. The molecule has 118 valence electrons. The van der Waals surface area contributed by atoms with Crippen molar-refractivity contribution in [2.45, 2.75) is 44.2 Å². The monoisotopic (exact) mass is 323 g/mol. The minimum atomic E-state index is -3.76. The number of anilines is 1. The fourth-order valence-corrected chi connectivity index (χ4v) is 4.97. The van der Waals surface area contributed by atoms with Gasteiger partial charge in [-0.3, -0.25) is 0 Å². The molecule has 0 unspecified atom stereocenters. The van der Waals surface area contributed by atoms with Gasteiger partial charge in [0.2, 0.25) is 0 Å². The lowest BCUT2D eigenvalue weighted by Gasteiger charge is -2.37. The van der Waals surface area contributed by atoms with Crippen molar-refractivity contribution in [3.63, 3.8) is 0 Å². The molecule has 2 aromatic rings. The Kier molecular flexibility index (Phi) is 3.47. The van der Waals surface area contributed by atoms with E-state index in [9.17, 15) is 12.8 Å². The van der Waals surface area contributed by atoms with Gasteiger partial charge < -0.3 is 0 Å². The molecule has 0 aliphatic carbocycles. The lowest BCUT2D eigenvalue weighted by atomic mass is 10.1. The molecule has 0 amide bonds. The smallest absolute Gasteiger partial charge is 0.247 e. The second kappa shape index (κ2) is 5.08. The first kappa shape index (κ1) is 15.0. The summed E-state index contributed by atoms with van der Waals surface area (Å²) in [6.45, 7) is 5.49.